The quantitative estimate of drug-likeness (QED) is 0.480. The highest BCUT2D eigenvalue weighted by molar-refractivity contribution is 7.99. The molecule has 0 aliphatic rings. The molecule has 0 aliphatic carbocycles. The van der Waals surface area contributed by atoms with E-state index in [0.717, 1.165) is 17.8 Å². The largest absolute Gasteiger partial charge is 0.433 e. The second kappa shape index (κ2) is 7.71. The van der Waals surface area contributed by atoms with Crippen LogP contribution in [0.25, 0.3) is 0 Å². The first-order valence-electron chi connectivity index (χ1n) is 6.72. The molecule has 0 saturated carbocycles. The third-order valence-electron chi connectivity index (χ3n) is 2.38. The third kappa shape index (κ3) is 5.57. The number of thiocarbonyl (C=S) groups is 1. The lowest BCUT2D eigenvalue weighted by Crippen LogP contribution is -2.34. The molecule has 11 heteroatoms. The van der Waals surface area contributed by atoms with E-state index in [0.29, 0.717) is 0 Å². The summed E-state index contributed by atoms with van der Waals surface area (Å²) >= 11 is 5.90. The number of nitrogens with one attached hydrogen (secondary N) is 2. The molecule has 0 amide bonds. The van der Waals surface area contributed by atoms with E-state index in [-0.39, 0.29) is 27.3 Å². The van der Waals surface area contributed by atoms with Crippen molar-refractivity contribution in [1.82, 2.24) is 25.3 Å². The van der Waals surface area contributed by atoms with Gasteiger partial charge in [0.1, 0.15) is 5.03 Å². The average molecular weight is 374 g/mol. The van der Waals surface area contributed by atoms with Crippen LogP contribution < -0.4 is 10.6 Å². The lowest BCUT2D eigenvalue weighted by atomic mass is 10.4. The molecule has 0 aliphatic heterocycles. The molecule has 2 rings (SSSR count). The molecule has 2 aromatic rings. The zero-order valence-corrected chi connectivity index (χ0v) is 14.3. The van der Waals surface area contributed by atoms with Crippen LogP contribution in [-0.4, -0.2) is 31.1 Å². The van der Waals surface area contributed by atoms with Crippen molar-refractivity contribution in [2.75, 3.05) is 5.32 Å². The van der Waals surface area contributed by atoms with Crippen molar-refractivity contribution in [3.63, 3.8) is 0 Å². The Bertz CT molecular complexity index is 709. The van der Waals surface area contributed by atoms with Gasteiger partial charge in [-0.1, -0.05) is 0 Å². The Morgan fingerprint density at radius 1 is 1.21 bits per heavy atom. The topological polar surface area (TPSA) is 75.6 Å². The number of alkyl halides is 3. The van der Waals surface area contributed by atoms with Gasteiger partial charge in [0.25, 0.3) is 0 Å². The number of anilines is 1. The molecule has 0 saturated heterocycles. The first-order chi connectivity index (χ1) is 11.2. The van der Waals surface area contributed by atoms with Gasteiger partial charge in [0, 0.05) is 24.5 Å². The highest BCUT2D eigenvalue weighted by atomic mass is 32.2. The molecule has 128 valence electrons. The maximum absolute atomic E-state index is 13.0. The number of rotatable bonds is 4. The smallest absolute Gasteiger partial charge is 0.360 e. The number of halogens is 3. The Kier molecular flexibility index (Phi) is 5.89. The summed E-state index contributed by atoms with van der Waals surface area (Å²) in [6.45, 7) is 3.68. The molecule has 0 bridgehead atoms. The summed E-state index contributed by atoms with van der Waals surface area (Å²) in [7, 11) is 0. The van der Waals surface area contributed by atoms with Crippen LogP contribution in [-0.2, 0) is 6.18 Å². The van der Waals surface area contributed by atoms with E-state index in [9.17, 15) is 13.2 Å². The predicted molar refractivity (Wildman–Crippen MR) is 87.7 cm³/mol. The lowest BCUT2D eigenvalue weighted by molar-refractivity contribution is -0.141. The number of nitrogens with zero attached hydrogens (tertiary/aromatic N) is 4. The monoisotopic (exact) mass is 374 g/mol. The van der Waals surface area contributed by atoms with E-state index in [1.807, 2.05) is 13.8 Å². The second-order valence-electron chi connectivity index (χ2n) is 4.80. The van der Waals surface area contributed by atoms with Gasteiger partial charge in [-0.3, -0.25) is 0 Å². The molecule has 0 aromatic carbocycles. The molecular formula is C13H13F3N6S2. The van der Waals surface area contributed by atoms with Crippen LogP contribution in [0.2, 0.25) is 0 Å². The molecule has 0 radical (unpaired) electrons. The summed E-state index contributed by atoms with van der Waals surface area (Å²) in [5.41, 5.74) is -1.08. The fraction of sp³-hybridized carbons (Fsp3) is 0.308. The average Bonchev–Trinajstić information content (AvgIpc) is 2.46. The molecule has 2 aromatic heterocycles. The number of hydrogen-bond acceptors (Lipinski definition) is 6. The summed E-state index contributed by atoms with van der Waals surface area (Å²) < 4.78 is 39.1. The van der Waals surface area contributed by atoms with Crippen LogP contribution in [0.4, 0.5) is 19.1 Å². The molecule has 0 atom stereocenters. The van der Waals surface area contributed by atoms with E-state index < -0.39 is 11.9 Å². The molecule has 24 heavy (non-hydrogen) atoms. The third-order valence-corrected chi connectivity index (χ3v) is 3.41. The van der Waals surface area contributed by atoms with E-state index in [2.05, 4.69) is 30.6 Å². The van der Waals surface area contributed by atoms with Gasteiger partial charge < -0.3 is 10.6 Å². The zero-order chi connectivity index (χ0) is 17.7. The maximum atomic E-state index is 13.0. The summed E-state index contributed by atoms with van der Waals surface area (Å²) in [5, 5.41) is 5.87. The van der Waals surface area contributed by atoms with Crippen molar-refractivity contribution < 1.29 is 13.2 Å². The van der Waals surface area contributed by atoms with Crippen LogP contribution in [0.3, 0.4) is 0 Å². The van der Waals surface area contributed by atoms with E-state index >= 15 is 0 Å². The Morgan fingerprint density at radius 2 is 1.88 bits per heavy atom. The van der Waals surface area contributed by atoms with E-state index in [1.54, 1.807) is 6.07 Å². The van der Waals surface area contributed by atoms with Crippen molar-refractivity contribution in [2.45, 2.75) is 36.2 Å². The minimum absolute atomic E-state index is 0.0161. The highest BCUT2D eigenvalue weighted by Crippen LogP contribution is 2.32. The van der Waals surface area contributed by atoms with Gasteiger partial charge in [-0.15, -0.1) is 0 Å². The summed E-state index contributed by atoms with van der Waals surface area (Å²) in [6, 6.07) is 2.46. The van der Waals surface area contributed by atoms with Crippen molar-refractivity contribution in [1.29, 1.82) is 0 Å². The molecule has 6 nitrogen and oxygen atoms in total. The predicted octanol–water partition coefficient (Wildman–Crippen LogP) is 3.13. The van der Waals surface area contributed by atoms with E-state index in [1.165, 1.54) is 12.4 Å². The summed E-state index contributed by atoms with van der Waals surface area (Å²) in [4.78, 5) is 15.4. The van der Waals surface area contributed by atoms with Crippen LogP contribution in [0.15, 0.2) is 34.7 Å². The zero-order valence-electron chi connectivity index (χ0n) is 12.6. The highest BCUT2D eigenvalue weighted by Gasteiger charge is 2.34. The molecular weight excluding hydrogens is 361 g/mol. The SMILES string of the molecule is CC(C)NC(=S)Nc1nc(Sc2ncccn2)cc(C(F)(F)F)n1. The number of hydrogen-bond donors (Lipinski definition) is 2. The number of aromatic nitrogens is 4. The second-order valence-corrected chi connectivity index (χ2v) is 6.20. The fourth-order valence-corrected chi connectivity index (χ4v) is 2.55. The van der Waals surface area contributed by atoms with Crippen molar-refractivity contribution in [3.8, 4) is 0 Å². The van der Waals surface area contributed by atoms with Crippen LogP contribution in [0, 0.1) is 0 Å². The first-order valence-corrected chi connectivity index (χ1v) is 7.95. The van der Waals surface area contributed by atoms with Gasteiger partial charge in [0.2, 0.25) is 5.95 Å². The minimum Gasteiger partial charge on any atom is -0.360 e. The van der Waals surface area contributed by atoms with Gasteiger partial charge >= 0.3 is 6.18 Å². The van der Waals surface area contributed by atoms with Crippen LogP contribution >= 0.6 is 24.0 Å². The standard InChI is InChI=1S/C13H13F3N6S2/c1-7(2)19-11(23)22-10-20-8(13(14,15)16)6-9(21-10)24-12-17-4-3-5-18-12/h3-7H,1-2H3,(H2,19,20,21,22,23). The van der Waals surface area contributed by atoms with Gasteiger partial charge in [-0.25, -0.2) is 19.9 Å². The summed E-state index contributed by atoms with van der Waals surface area (Å²) in [5.74, 6) is -0.249. The first kappa shape index (κ1) is 18.3. The normalized spacial score (nSPS) is 11.4. The maximum Gasteiger partial charge on any atom is 0.433 e. The van der Waals surface area contributed by atoms with Crippen molar-refractivity contribution >= 4 is 35.0 Å². The lowest BCUT2D eigenvalue weighted by Gasteiger charge is -2.14. The Hall–Kier alpha value is -2.01. The van der Waals surface area contributed by atoms with Gasteiger partial charge in [-0.2, -0.15) is 13.2 Å². The van der Waals surface area contributed by atoms with Gasteiger partial charge in [0.05, 0.1) is 0 Å². The summed E-state index contributed by atoms with van der Waals surface area (Å²) in [6.07, 6.45) is -1.64. The molecule has 2 N–H and O–H groups in total. The molecule has 0 spiro atoms. The minimum atomic E-state index is -4.61. The van der Waals surface area contributed by atoms with Crippen molar-refractivity contribution in [2.24, 2.45) is 0 Å². The van der Waals surface area contributed by atoms with Gasteiger partial charge in [0.15, 0.2) is 16.0 Å². The van der Waals surface area contributed by atoms with Crippen LogP contribution in [0.5, 0.6) is 0 Å². The molecule has 0 unspecified atom stereocenters. The molecule has 0 fully saturated rings. The van der Waals surface area contributed by atoms with Gasteiger partial charge in [-0.05, 0) is 43.9 Å². The van der Waals surface area contributed by atoms with Crippen LogP contribution in [0.1, 0.15) is 19.5 Å². The van der Waals surface area contributed by atoms with E-state index in [4.69, 9.17) is 12.2 Å². The Morgan fingerprint density at radius 3 is 2.46 bits per heavy atom. The fourth-order valence-electron chi connectivity index (χ4n) is 1.51. The van der Waals surface area contributed by atoms with Crippen molar-refractivity contribution in [3.05, 3.63) is 30.2 Å². The Balaban J connectivity index is 2.29. The molecule has 2 heterocycles. The Labute approximate surface area is 145 Å².